The van der Waals surface area contributed by atoms with Crippen LogP contribution in [0.2, 0.25) is 0 Å². The molecule has 0 bridgehead atoms. The molecule has 1 aliphatic rings. The van der Waals surface area contributed by atoms with Gasteiger partial charge in [0.2, 0.25) is 11.8 Å². The first-order valence-corrected chi connectivity index (χ1v) is 11.1. The number of hydrogen-bond donors (Lipinski definition) is 3. The number of rotatable bonds is 7. The number of piperidine rings is 1. The summed E-state index contributed by atoms with van der Waals surface area (Å²) in [5, 5.41) is 6.61. The number of aliphatic imine (C=N–C) groups is 1. The van der Waals surface area contributed by atoms with Crippen LogP contribution >= 0.6 is 24.0 Å². The molecule has 0 atom stereocenters. The highest BCUT2D eigenvalue weighted by atomic mass is 127. The molecule has 180 valence electrons. The van der Waals surface area contributed by atoms with Gasteiger partial charge in [0.25, 0.3) is 0 Å². The van der Waals surface area contributed by atoms with Gasteiger partial charge in [-0.3, -0.25) is 9.79 Å². The third-order valence-corrected chi connectivity index (χ3v) is 5.74. The molecule has 4 rings (SSSR count). The number of pyridine rings is 1. The van der Waals surface area contributed by atoms with Crippen LogP contribution in [0.3, 0.4) is 0 Å². The third-order valence-electron chi connectivity index (χ3n) is 5.74. The Bertz CT molecular complexity index is 1100. The zero-order valence-corrected chi connectivity index (χ0v) is 21.4. The smallest absolute Gasteiger partial charge is 0.226 e. The Kier molecular flexibility index (Phi) is 9.25. The van der Waals surface area contributed by atoms with Crippen LogP contribution in [0.25, 0.3) is 11.5 Å². The molecule has 0 unspecified atom stereocenters. The number of nitrogens with one attached hydrogen (secondary N) is 2. The molecule has 0 spiro atoms. The van der Waals surface area contributed by atoms with Crippen LogP contribution in [0, 0.1) is 5.92 Å². The normalized spacial score (nSPS) is 14.4. The lowest BCUT2D eigenvalue weighted by Gasteiger charge is -2.32. The molecule has 0 radical (unpaired) electrons. The van der Waals surface area contributed by atoms with Crippen molar-refractivity contribution >= 4 is 41.7 Å². The molecule has 0 saturated carbocycles. The van der Waals surface area contributed by atoms with E-state index in [-0.39, 0.29) is 35.8 Å². The third kappa shape index (κ3) is 6.46. The number of carbonyl (C=O) groups is 1. The van der Waals surface area contributed by atoms with Crippen molar-refractivity contribution < 1.29 is 9.21 Å². The molecule has 0 aliphatic carbocycles. The molecule has 1 fully saturated rings. The summed E-state index contributed by atoms with van der Waals surface area (Å²) >= 11 is 0. The maximum absolute atomic E-state index is 11.5. The molecular formula is C24H30IN7O2. The average Bonchev–Trinajstić information content (AvgIpc) is 3.34. The minimum absolute atomic E-state index is 0. The summed E-state index contributed by atoms with van der Waals surface area (Å²) < 4.78 is 5.60. The highest BCUT2D eigenvalue weighted by molar-refractivity contribution is 14.0. The number of primary amides is 1. The minimum atomic E-state index is -0.213. The van der Waals surface area contributed by atoms with Crippen molar-refractivity contribution in [2.24, 2.45) is 16.6 Å². The van der Waals surface area contributed by atoms with E-state index in [9.17, 15) is 4.79 Å². The van der Waals surface area contributed by atoms with Gasteiger partial charge in [-0.2, -0.15) is 0 Å². The number of hydrogen-bond acceptors (Lipinski definition) is 6. The molecule has 1 amide bonds. The summed E-state index contributed by atoms with van der Waals surface area (Å²) in [6.07, 6.45) is 4.95. The van der Waals surface area contributed by atoms with E-state index in [0.29, 0.717) is 24.9 Å². The first kappa shape index (κ1) is 25.5. The fourth-order valence-corrected chi connectivity index (χ4v) is 3.90. The Hall–Kier alpha value is -3.15. The summed E-state index contributed by atoms with van der Waals surface area (Å²) in [7, 11) is 1.73. The second kappa shape index (κ2) is 12.4. The molecule has 34 heavy (non-hydrogen) atoms. The number of benzene rings is 1. The first-order valence-electron chi connectivity index (χ1n) is 11.1. The predicted octanol–water partition coefficient (Wildman–Crippen LogP) is 2.92. The number of aromatic nitrogens is 2. The van der Waals surface area contributed by atoms with Crippen LogP contribution in [-0.2, 0) is 17.9 Å². The second-order valence-electron chi connectivity index (χ2n) is 7.94. The lowest BCUT2D eigenvalue weighted by atomic mass is 9.96. The Morgan fingerprint density at radius 3 is 2.59 bits per heavy atom. The van der Waals surface area contributed by atoms with Gasteiger partial charge in [-0.15, -0.1) is 24.0 Å². The van der Waals surface area contributed by atoms with Gasteiger partial charge >= 0.3 is 0 Å². The molecule has 9 nitrogen and oxygen atoms in total. The van der Waals surface area contributed by atoms with E-state index >= 15 is 0 Å². The van der Waals surface area contributed by atoms with Crippen molar-refractivity contribution in [3.8, 4) is 11.5 Å². The van der Waals surface area contributed by atoms with Gasteiger partial charge in [0.05, 0.1) is 12.2 Å². The second-order valence-corrected chi connectivity index (χ2v) is 7.94. The zero-order valence-electron chi connectivity index (χ0n) is 19.1. The van der Waals surface area contributed by atoms with Crippen LogP contribution in [-0.4, -0.2) is 42.0 Å². The quantitative estimate of drug-likeness (QED) is 0.225. The fraction of sp³-hybridized carbons (Fsp3) is 0.333. The van der Waals surface area contributed by atoms with Gasteiger partial charge < -0.3 is 25.7 Å². The first-order chi connectivity index (χ1) is 16.1. The largest absolute Gasteiger partial charge is 0.444 e. The number of anilines is 1. The van der Waals surface area contributed by atoms with Crippen molar-refractivity contribution in [3.63, 3.8) is 0 Å². The maximum Gasteiger partial charge on any atom is 0.226 e. The van der Waals surface area contributed by atoms with E-state index in [1.54, 1.807) is 19.5 Å². The molecule has 2 aromatic heterocycles. The van der Waals surface area contributed by atoms with Crippen molar-refractivity contribution in [1.82, 2.24) is 20.6 Å². The molecule has 3 heterocycles. The van der Waals surface area contributed by atoms with Crippen LogP contribution in [0.1, 0.15) is 24.1 Å². The molecule has 4 N–H and O–H groups in total. The van der Waals surface area contributed by atoms with Crippen LogP contribution in [0.4, 0.5) is 5.82 Å². The predicted molar refractivity (Wildman–Crippen MR) is 143 cm³/mol. The molecular weight excluding hydrogens is 545 g/mol. The van der Waals surface area contributed by atoms with Crippen molar-refractivity contribution in [1.29, 1.82) is 0 Å². The van der Waals surface area contributed by atoms with Gasteiger partial charge in [-0.05, 0) is 31.0 Å². The molecule has 3 aromatic rings. The van der Waals surface area contributed by atoms with Gasteiger partial charge in [0.15, 0.2) is 5.96 Å². The van der Waals surface area contributed by atoms with Crippen molar-refractivity contribution in [2.45, 2.75) is 25.9 Å². The highest BCUT2D eigenvalue weighted by Crippen LogP contribution is 2.24. The monoisotopic (exact) mass is 575 g/mol. The Morgan fingerprint density at radius 1 is 1.15 bits per heavy atom. The van der Waals surface area contributed by atoms with E-state index in [0.717, 1.165) is 48.6 Å². The highest BCUT2D eigenvalue weighted by Gasteiger charge is 2.25. The van der Waals surface area contributed by atoms with E-state index in [2.05, 4.69) is 30.5 Å². The summed E-state index contributed by atoms with van der Waals surface area (Å²) in [4.78, 5) is 27.1. The SMILES string of the molecule is CN=C(NCc1coc(-c2ccccc2)n1)NCc1cccnc1N1CCC(C(N)=O)CC1.I. The number of amides is 1. The van der Waals surface area contributed by atoms with Crippen molar-refractivity contribution in [3.05, 3.63) is 66.2 Å². The zero-order chi connectivity index (χ0) is 23.0. The number of oxazole rings is 1. The lowest BCUT2D eigenvalue weighted by molar-refractivity contribution is -0.122. The van der Waals surface area contributed by atoms with Crippen LogP contribution in [0.5, 0.6) is 0 Å². The van der Waals surface area contributed by atoms with E-state index in [1.165, 1.54) is 0 Å². The topological polar surface area (TPSA) is 122 Å². The molecule has 1 aromatic carbocycles. The standard InChI is InChI=1S/C24H29N7O2.HI/c1-26-24(29-15-20-16-33-23(30-20)18-6-3-2-4-7-18)28-14-19-8-5-11-27-22(19)31-12-9-17(10-13-31)21(25)32;/h2-8,11,16-17H,9-10,12-15H2,1H3,(H2,25,32)(H2,26,28,29);1H. The summed E-state index contributed by atoms with van der Waals surface area (Å²) in [6.45, 7) is 2.57. The molecule has 1 aliphatic heterocycles. The van der Waals surface area contributed by atoms with E-state index < -0.39 is 0 Å². The van der Waals surface area contributed by atoms with Gasteiger partial charge in [-0.1, -0.05) is 24.3 Å². The minimum Gasteiger partial charge on any atom is -0.444 e. The number of nitrogens with zero attached hydrogens (tertiary/aromatic N) is 4. The van der Waals surface area contributed by atoms with Gasteiger partial charge in [-0.25, -0.2) is 9.97 Å². The summed E-state index contributed by atoms with van der Waals surface area (Å²) in [6, 6.07) is 13.8. The van der Waals surface area contributed by atoms with Crippen molar-refractivity contribution in [2.75, 3.05) is 25.0 Å². The Morgan fingerprint density at radius 2 is 1.88 bits per heavy atom. The van der Waals surface area contributed by atoms with Gasteiger partial charge in [0.1, 0.15) is 12.1 Å². The summed E-state index contributed by atoms with van der Waals surface area (Å²) in [5.74, 6) is 1.91. The average molecular weight is 575 g/mol. The Balaban J connectivity index is 0.00000324. The number of halogens is 1. The van der Waals surface area contributed by atoms with Gasteiger partial charge in [0, 0.05) is 49.9 Å². The summed E-state index contributed by atoms with van der Waals surface area (Å²) in [5.41, 5.74) is 8.25. The molecule has 10 heteroatoms. The fourth-order valence-electron chi connectivity index (χ4n) is 3.90. The van der Waals surface area contributed by atoms with E-state index in [4.69, 9.17) is 10.2 Å². The Labute approximate surface area is 216 Å². The van der Waals surface area contributed by atoms with Crippen LogP contribution < -0.4 is 21.3 Å². The number of carbonyl (C=O) groups excluding carboxylic acids is 1. The number of guanidine groups is 1. The molecule has 1 saturated heterocycles. The lowest BCUT2D eigenvalue weighted by Crippen LogP contribution is -2.40. The van der Waals surface area contributed by atoms with Crippen LogP contribution in [0.15, 0.2) is 64.3 Å². The van der Waals surface area contributed by atoms with E-state index in [1.807, 2.05) is 42.5 Å². The maximum atomic E-state index is 11.5. The number of nitrogens with two attached hydrogens (primary N) is 1.